The molecule has 0 amide bonds. The molecule has 0 aliphatic rings. The SMILES string of the molecule is CCCNS(=O)(=O)c1ccccc1NC(COC)C(=O)O. The summed E-state index contributed by atoms with van der Waals surface area (Å²) in [6.45, 7) is 2.09. The Kier molecular flexibility index (Phi) is 6.60. The van der Waals surface area contributed by atoms with Crippen molar-refractivity contribution in [2.45, 2.75) is 24.3 Å². The fraction of sp³-hybridized carbons (Fsp3) is 0.462. The molecule has 118 valence electrons. The highest BCUT2D eigenvalue weighted by molar-refractivity contribution is 7.89. The summed E-state index contributed by atoms with van der Waals surface area (Å²) in [6, 6.07) is 5.13. The molecule has 0 fully saturated rings. The molecular weight excluding hydrogens is 296 g/mol. The average Bonchev–Trinajstić information content (AvgIpc) is 2.45. The predicted octanol–water partition coefficient (Wildman–Crippen LogP) is 0.886. The second-order valence-electron chi connectivity index (χ2n) is 4.38. The first kappa shape index (κ1) is 17.4. The third-order valence-electron chi connectivity index (χ3n) is 2.68. The molecular formula is C13H20N2O5S. The van der Waals surface area contributed by atoms with Gasteiger partial charge in [0, 0.05) is 13.7 Å². The van der Waals surface area contributed by atoms with Gasteiger partial charge in [0.1, 0.15) is 10.9 Å². The molecule has 0 radical (unpaired) electrons. The van der Waals surface area contributed by atoms with E-state index in [1.54, 1.807) is 12.1 Å². The lowest BCUT2D eigenvalue weighted by molar-refractivity contribution is -0.139. The van der Waals surface area contributed by atoms with E-state index in [4.69, 9.17) is 9.84 Å². The molecule has 0 aromatic heterocycles. The molecule has 3 N–H and O–H groups in total. The number of carbonyl (C=O) groups is 1. The minimum absolute atomic E-state index is 0.0146. The van der Waals surface area contributed by atoms with Gasteiger partial charge in [-0.25, -0.2) is 17.9 Å². The Hall–Kier alpha value is -1.64. The van der Waals surface area contributed by atoms with Crippen molar-refractivity contribution in [3.8, 4) is 0 Å². The van der Waals surface area contributed by atoms with Crippen molar-refractivity contribution in [1.29, 1.82) is 0 Å². The van der Waals surface area contributed by atoms with Crippen LogP contribution in [0.2, 0.25) is 0 Å². The van der Waals surface area contributed by atoms with Crippen LogP contribution in [0.25, 0.3) is 0 Å². The van der Waals surface area contributed by atoms with Crippen molar-refractivity contribution in [1.82, 2.24) is 4.72 Å². The van der Waals surface area contributed by atoms with Crippen molar-refractivity contribution in [2.75, 3.05) is 25.6 Å². The normalized spacial score (nSPS) is 12.9. The highest BCUT2D eigenvalue weighted by atomic mass is 32.2. The second kappa shape index (κ2) is 7.96. The zero-order chi connectivity index (χ0) is 15.9. The first-order valence-corrected chi connectivity index (χ1v) is 7.97. The maximum Gasteiger partial charge on any atom is 0.328 e. The molecule has 0 aliphatic heterocycles. The van der Waals surface area contributed by atoms with Gasteiger partial charge in [0.15, 0.2) is 0 Å². The number of benzene rings is 1. The number of methoxy groups -OCH3 is 1. The third-order valence-corrected chi connectivity index (χ3v) is 4.20. The Morgan fingerprint density at radius 3 is 2.62 bits per heavy atom. The van der Waals surface area contributed by atoms with Gasteiger partial charge in [-0.15, -0.1) is 0 Å². The van der Waals surface area contributed by atoms with Crippen molar-refractivity contribution >= 4 is 21.7 Å². The van der Waals surface area contributed by atoms with Crippen LogP contribution in [0.1, 0.15) is 13.3 Å². The Morgan fingerprint density at radius 2 is 2.05 bits per heavy atom. The third kappa shape index (κ3) is 5.00. The summed E-state index contributed by atoms with van der Waals surface area (Å²) in [5.74, 6) is -1.12. The van der Waals surface area contributed by atoms with E-state index in [1.165, 1.54) is 19.2 Å². The van der Waals surface area contributed by atoms with E-state index in [1.807, 2.05) is 6.92 Å². The van der Waals surface area contributed by atoms with E-state index < -0.39 is 22.0 Å². The van der Waals surface area contributed by atoms with Gasteiger partial charge in [0.25, 0.3) is 0 Å². The van der Waals surface area contributed by atoms with Gasteiger partial charge in [-0.2, -0.15) is 0 Å². The van der Waals surface area contributed by atoms with E-state index in [-0.39, 0.29) is 17.2 Å². The van der Waals surface area contributed by atoms with Crippen molar-refractivity contribution in [2.24, 2.45) is 0 Å². The molecule has 1 unspecified atom stereocenters. The van der Waals surface area contributed by atoms with Crippen LogP contribution in [0.5, 0.6) is 0 Å². The summed E-state index contributed by atoms with van der Waals surface area (Å²) in [5.41, 5.74) is 0.227. The summed E-state index contributed by atoms with van der Waals surface area (Å²) in [7, 11) is -2.31. The molecule has 1 atom stereocenters. The topological polar surface area (TPSA) is 105 Å². The average molecular weight is 316 g/mol. The Balaban J connectivity index is 3.06. The standard InChI is InChI=1S/C13H20N2O5S/c1-3-8-14-21(18,19)12-7-5-4-6-10(12)15-11(9-20-2)13(16)17/h4-7,11,14-15H,3,8-9H2,1-2H3,(H,16,17). The number of sulfonamides is 1. The number of aliphatic carboxylic acids is 1. The molecule has 0 saturated heterocycles. The molecule has 0 spiro atoms. The maximum absolute atomic E-state index is 12.2. The number of hydrogen-bond acceptors (Lipinski definition) is 5. The van der Waals surface area contributed by atoms with E-state index in [9.17, 15) is 13.2 Å². The highest BCUT2D eigenvalue weighted by Crippen LogP contribution is 2.21. The lowest BCUT2D eigenvalue weighted by atomic mass is 10.2. The molecule has 0 heterocycles. The van der Waals surface area contributed by atoms with Gasteiger partial charge in [-0.05, 0) is 18.6 Å². The largest absolute Gasteiger partial charge is 0.480 e. The zero-order valence-electron chi connectivity index (χ0n) is 12.0. The molecule has 7 nitrogen and oxygen atoms in total. The lowest BCUT2D eigenvalue weighted by Crippen LogP contribution is -2.34. The summed E-state index contributed by atoms with van der Waals surface area (Å²) in [5, 5.41) is 11.8. The van der Waals surface area contributed by atoms with Crippen LogP contribution in [0.4, 0.5) is 5.69 Å². The van der Waals surface area contributed by atoms with Crippen LogP contribution in [0.3, 0.4) is 0 Å². The summed E-state index contributed by atoms with van der Waals surface area (Å²) in [6.07, 6.45) is 0.663. The minimum Gasteiger partial charge on any atom is -0.480 e. The number of carboxylic acids is 1. The summed E-state index contributed by atoms with van der Waals surface area (Å²) >= 11 is 0. The Morgan fingerprint density at radius 1 is 1.38 bits per heavy atom. The van der Waals surface area contributed by atoms with Crippen molar-refractivity contribution in [3.63, 3.8) is 0 Å². The second-order valence-corrected chi connectivity index (χ2v) is 6.12. The molecule has 21 heavy (non-hydrogen) atoms. The fourth-order valence-electron chi connectivity index (χ4n) is 1.66. The first-order valence-electron chi connectivity index (χ1n) is 6.49. The van der Waals surface area contributed by atoms with Gasteiger partial charge in [0.2, 0.25) is 10.0 Å². The molecule has 0 saturated carbocycles. The van der Waals surface area contributed by atoms with Crippen LogP contribution in [-0.2, 0) is 19.6 Å². The number of anilines is 1. The van der Waals surface area contributed by atoms with E-state index >= 15 is 0 Å². The number of rotatable bonds is 9. The first-order chi connectivity index (χ1) is 9.92. The van der Waals surface area contributed by atoms with Crippen LogP contribution in [-0.4, -0.2) is 45.8 Å². The number of para-hydroxylation sites is 1. The molecule has 1 aromatic carbocycles. The van der Waals surface area contributed by atoms with Gasteiger partial charge >= 0.3 is 5.97 Å². The number of ether oxygens (including phenoxy) is 1. The van der Waals surface area contributed by atoms with Crippen molar-refractivity contribution < 1.29 is 23.1 Å². The molecule has 0 aliphatic carbocycles. The van der Waals surface area contributed by atoms with Gasteiger partial charge in [-0.1, -0.05) is 19.1 Å². The monoisotopic (exact) mass is 316 g/mol. The van der Waals surface area contributed by atoms with Gasteiger partial charge < -0.3 is 15.2 Å². The Bertz CT molecular complexity index is 574. The van der Waals surface area contributed by atoms with Crippen LogP contribution in [0.15, 0.2) is 29.2 Å². The number of nitrogens with one attached hydrogen (secondary N) is 2. The lowest BCUT2D eigenvalue weighted by Gasteiger charge is -2.17. The quantitative estimate of drug-likeness (QED) is 0.625. The number of hydrogen-bond donors (Lipinski definition) is 3. The summed E-state index contributed by atoms with van der Waals surface area (Å²) in [4.78, 5) is 11.1. The zero-order valence-corrected chi connectivity index (χ0v) is 12.8. The number of carboxylic acid groups (broad SMARTS) is 1. The molecule has 1 rings (SSSR count). The van der Waals surface area contributed by atoms with Gasteiger partial charge in [-0.3, -0.25) is 0 Å². The van der Waals surface area contributed by atoms with E-state index in [2.05, 4.69) is 10.0 Å². The Labute approximate surface area is 124 Å². The fourth-order valence-corrected chi connectivity index (χ4v) is 2.97. The van der Waals surface area contributed by atoms with Gasteiger partial charge in [0.05, 0.1) is 12.3 Å². The minimum atomic E-state index is -3.69. The van der Waals surface area contributed by atoms with Crippen LogP contribution >= 0.6 is 0 Å². The van der Waals surface area contributed by atoms with Crippen LogP contribution in [0, 0.1) is 0 Å². The molecule has 8 heteroatoms. The van der Waals surface area contributed by atoms with Crippen LogP contribution < -0.4 is 10.0 Å². The molecule has 1 aromatic rings. The maximum atomic E-state index is 12.2. The predicted molar refractivity (Wildman–Crippen MR) is 78.8 cm³/mol. The molecule has 0 bridgehead atoms. The van der Waals surface area contributed by atoms with Crippen molar-refractivity contribution in [3.05, 3.63) is 24.3 Å². The highest BCUT2D eigenvalue weighted by Gasteiger charge is 2.22. The summed E-state index contributed by atoms with van der Waals surface area (Å²) < 4.78 is 31.7. The van der Waals surface area contributed by atoms with E-state index in [0.29, 0.717) is 13.0 Å². The van der Waals surface area contributed by atoms with E-state index in [0.717, 1.165) is 0 Å². The smallest absolute Gasteiger partial charge is 0.328 e.